The summed E-state index contributed by atoms with van der Waals surface area (Å²) in [6.45, 7) is -0.967. The van der Waals surface area contributed by atoms with Gasteiger partial charge in [-0.3, -0.25) is 4.79 Å². The number of aromatic hydroxyl groups is 2. The highest BCUT2D eigenvalue weighted by Gasteiger charge is 2.69. The number of phenols is 2. The number of Topliss-reactive ketones (excluding diaryl/α,β-unsaturated/α-hetero) is 1. The van der Waals surface area contributed by atoms with Crippen LogP contribution in [0.5, 0.6) is 23.0 Å². The van der Waals surface area contributed by atoms with Crippen molar-refractivity contribution in [2.24, 2.45) is 17.8 Å². The predicted molar refractivity (Wildman–Crippen MR) is 162 cm³/mol. The molecule has 7 N–H and O–H groups in total. The molecule has 1 aliphatic carbocycles. The monoisotopic (exact) mass is 690 g/mol. The fraction of sp³-hybridized carbons (Fsp3) is 0.515. The molecule has 2 aromatic carbocycles. The van der Waals surface area contributed by atoms with Crippen molar-refractivity contribution in [1.29, 1.82) is 0 Å². The first-order chi connectivity index (χ1) is 23.4. The number of ether oxygens (including phenoxy) is 7. The molecule has 2 aromatic rings. The summed E-state index contributed by atoms with van der Waals surface area (Å²) in [5.74, 6) is -4.80. The second-order valence-corrected chi connectivity index (χ2v) is 12.4. The quantitative estimate of drug-likeness (QED) is 0.0939. The molecule has 5 aliphatic rings. The van der Waals surface area contributed by atoms with E-state index in [2.05, 4.69) is 0 Å². The van der Waals surface area contributed by atoms with Gasteiger partial charge in [-0.1, -0.05) is 6.07 Å². The predicted octanol–water partition coefficient (Wildman–Crippen LogP) is -0.565. The van der Waals surface area contributed by atoms with E-state index in [0.29, 0.717) is 5.56 Å². The van der Waals surface area contributed by atoms with Crippen LogP contribution in [-0.4, -0.2) is 130 Å². The van der Waals surface area contributed by atoms with Gasteiger partial charge in [-0.2, -0.15) is 0 Å². The van der Waals surface area contributed by atoms with Gasteiger partial charge in [-0.25, -0.2) is 4.79 Å². The van der Waals surface area contributed by atoms with Crippen LogP contribution in [0, 0.1) is 17.8 Å². The zero-order valence-electron chi connectivity index (χ0n) is 26.4. The van der Waals surface area contributed by atoms with Gasteiger partial charge in [-0.05, 0) is 42.0 Å². The number of phenolic OH excluding ortho intramolecular Hbond substituents is 2. The summed E-state index contributed by atoms with van der Waals surface area (Å²) in [7, 11) is 2.69. The third-order valence-electron chi connectivity index (χ3n) is 9.59. The van der Waals surface area contributed by atoms with Gasteiger partial charge < -0.3 is 68.9 Å². The molecule has 0 amide bonds. The fourth-order valence-electron chi connectivity index (χ4n) is 7.07. The highest BCUT2D eigenvalue weighted by Crippen LogP contribution is 2.56. The lowest BCUT2D eigenvalue weighted by Gasteiger charge is -2.44. The summed E-state index contributed by atoms with van der Waals surface area (Å²) in [5, 5.41) is 75.2. The molecule has 49 heavy (non-hydrogen) atoms. The van der Waals surface area contributed by atoms with Gasteiger partial charge >= 0.3 is 5.97 Å². The lowest BCUT2D eigenvalue weighted by Crippen LogP contribution is -2.61. The molecule has 0 radical (unpaired) electrons. The Labute approximate surface area is 279 Å². The van der Waals surface area contributed by atoms with Crippen LogP contribution in [0.2, 0.25) is 0 Å². The normalized spacial score (nSPS) is 36.8. The molecule has 7 rings (SSSR count). The molecule has 0 unspecified atom stereocenters. The second-order valence-electron chi connectivity index (χ2n) is 12.4. The summed E-state index contributed by atoms with van der Waals surface area (Å²) < 4.78 is 38.7. The maximum absolute atomic E-state index is 13.8. The number of aliphatic hydroxyl groups excluding tert-OH is 4. The second kappa shape index (κ2) is 13.8. The molecule has 266 valence electrons. The van der Waals surface area contributed by atoms with Crippen molar-refractivity contribution in [1.82, 2.24) is 0 Å². The Morgan fingerprint density at radius 3 is 2.31 bits per heavy atom. The summed E-state index contributed by atoms with van der Waals surface area (Å²) in [6, 6.07) is 8.29. The molecule has 5 fully saturated rings. The van der Waals surface area contributed by atoms with Gasteiger partial charge in [0.05, 0.1) is 32.8 Å². The average Bonchev–Trinajstić information content (AvgIpc) is 3.16. The molecular formula is C33H38O16. The van der Waals surface area contributed by atoms with Crippen LogP contribution in [0.25, 0.3) is 6.08 Å². The number of fused-ring (bicyclic) bond motifs is 2. The first-order valence-corrected chi connectivity index (χ1v) is 15.5. The number of rotatable bonds is 10. The van der Waals surface area contributed by atoms with Crippen LogP contribution in [-0.2, 0) is 28.5 Å². The van der Waals surface area contributed by atoms with Crippen molar-refractivity contribution in [3.05, 3.63) is 53.6 Å². The van der Waals surface area contributed by atoms with Gasteiger partial charge in [0, 0.05) is 29.9 Å². The molecular weight excluding hydrogens is 652 g/mol. The van der Waals surface area contributed by atoms with Gasteiger partial charge in [0.25, 0.3) is 0 Å². The molecule has 12 atom stereocenters. The van der Waals surface area contributed by atoms with E-state index < -0.39 is 97.7 Å². The van der Waals surface area contributed by atoms with Gasteiger partial charge in [-0.15, -0.1) is 0 Å². The third kappa shape index (κ3) is 6.47. The van der Waals surface area contributed by atoms with Crippen molar-refractivity contribution in [2.45, 2.75) is 61.4 Å². The van der Waals surface area contributed by atoms with E-state index in [1.54, 1.807) is 0 Å². The smallest absolute Gasteiger partial charge is 0.330 e. The van der Waals surface area contributed by atoms with Crippen LogP contribution in [0.4, 0.5) is 0 Å². The number of benzene rings is 2. The van der Waals surface area contributed by atoms with E-state index in [0.717, 1.165) is 6.08 Å². The first kappa shape index (κ1) is 35.0. The minimum Gasteiger partial charge on any atom is -0.504 e. The molecule has 16 nitrogen and oxygen atoms in total. The van der Waals surface area contributed by atoms with E-state index in [9.17, 15) is 45.3 Å². The van der Waals surface area contributed by atoms with E-state index in [1.165, 1.54) is 56.7 Å². The van der Waals surface area contributed by atoms with Crippen LogP contribution >= 0.6 is 0 Å². The molecule has 4 bridgehead atoms. The Morgan fingerprint density at radius 1 is 0.898 bits per heavy atom. The Morgan fingerprint density at radius 2 is 1.59 bits per heavy atom. The Balaban J connectivity index is 1.16. The summed E-state index contributed by atoms with van der Waals surface area (Å²) in [4.78, 5) is 26.2. The number of carbonyl (C=O) groups excluding carboxylic acids is 2. The number of esters is 1. The molecule has 0 spiro atoms. The lowest BCUT2D eigenvalue weighted by atomic mass is 9.79. The Hall–Kier alpha value is -3.84. The largest absolute Gasteiger partial charge is 0.504 e. The van der Waals surface area contributed by atoms with Crippen LogP contribution in [0.1, 0.15) is 22.3 Å². The number of aliphatic hydroxyl groups is 5. The van der Waals surface area contributed by atoms with E-state index in [-0.39, 0.29) is 35.0 Å². The molecule has 1 saturated carbocycles. The number of hydrogen-bond donors (Lipinski definition) is 7. The summed E-state index contributed by atoms with van der Waals surface area (Å²) >= 11 is 0. The van der Waals surface area contributed by atoms with Gasteiger partial charge in [0.2, 0.25) is 0 Å². The minimum atomic E-state index is -2.03. The molecule has 4 heterocycles. The number of hydrogen-bond acceptors (Lipinski definition) is 16. The average molecular weight is 691 g/mol. The highest BCUT2D eigenvalue weighted by atomic mass is 16.8. The standard InChI is InChI=1S/C33H38O16/c1-43-19-9-14(3-6-17(19)34)4-8-22(36)45-12-21-28(39)29(40)30(41)32(47-21)49-31-24-16-11-23(48-31)46-13-33(24,42)25(27(16)38)26(37)15-5-7-18(35)20(10-15)44-2/h3-10,16,21,23-25,27-32,34-35,38-42H,11-13H2,1-2H3/b8-4+/t16-,21-,23-,24-,25-,27+,28-,29+,30-,31+,32+,33-/m1/s1. The van der Waals surface area contributed by atoms with Crippen LogP contribution in [0.3, 0.4) is 0 Å². The SMILES string of the molecule is COc1cc(/C=C/C(=O)OC[C@H]2O[C@@H](O[C@@H]3O[C@@H]4C[C@H]5[C@H](O)[C@@H](C(=O)c6ccc(O)c(OC)c6)[C@@](O)(CO4)[C@@H]35)[C@H](O)[C@@H](O)[C@@H]2O)ccc1O. The van der Waals surface area contributed by atoms with Crippen molar-refractivity contribution >= 4 is 17.8 Å². The zero-order chi connectivity index (χ0) is 35.2. The van der Waals surface area contributed by atoms with Crippen LogP contribution < -0.4 is 9.47 Å². The lowest BCUT2D eigenvalue weighted by molar-refractivity contribution is -0.371. The Bertz CT molecular complexity index is 1580. The summed E-state index contributed by atoms with van der Waals surface area (Å²) in [6.07, 6.45) is -9.55. The number of ketones is 1. The highest BCUT2D eigenvalue weighted by molar-refractivity contribution is 6.00. The van der Waals surface area contributed by atoms with E-state index in [1.807, 2.05) is 0 Å². The Kier molecular flexibility index (Phi) is 9.87. The van der Waals surface area contributed by atoms with Crippen molar-refractivity contribution in [2.75, 3.05) is 27.4 Å². The van der Waals surface area contributed by atoms with Crippen molar-refractivity contribution in [3.8, 4) is 23.0 Å². The molecule has 4 aliphatic heterocycles. The van der Waals surface area contributed by atoms with Crippen LogP contribution in [0.15, 0.2) is 42.5 Å². The maximum Gasteiger partial charge on any atom is 0.330 e. The number of methoxy groups -OCH3 is 2. The van der Waals surface area contributed by atoms with Crippen molar-refractivity contribution < 1.29 is 78.5 Å². The van der Waals surface area contributed by atoms with E-state index in [4.69, 9.17) is 33.2 Å². The molecule has 0 aromatic heterocycles. The minimum absolute atomic E-state index is 0.0192. The molecule has 16 heteroatoms. The fourth-order valence-corrected chi connectivity index (χ4v) is 7.07. The number of carbonyl (C=O) groups is 2. The maximum atomic E-state index is 13.8. The summed E-state index contributed by atoms with van der Waals surface area (Å²) in [5.41, 5.74) is -1.45. The molecule has 4 saturated heterocycles. The van der Waals surface area contributed by atoms with Gasteiger partial charge in [0.15, 0.2) is 47.7 Å². The van der Waals surface area contributed by atoms with E-state index >= 15 is 0 Å². The van der Waals surface area contributed by atoms with Gasteiger partial charge in [0.1, 0.15) is 36.6 Å². The topological polar surface area (TPSA) is 240 Å². The third-order valence-corrected chi connectivity index (χ3v) is 9.59. The van der Waals surface area contributed by atoms with Crippen molar-refractivity contribution in [3.63, 3.8) is 0 Å². The first-order valence-electron chi connectivity index (χ1n) is 15.5. The zero-order valence-corrected chi connectivity index (χ0v) is 26.4.